The van der Waals surface area contributed by atoms with Crippen molar-refractivity contribution < 1.29 is 63.6 Å². The van der Waals surface area contributed by atoms with E-state index in [-0.39, 0.29) is 47.5 Å². The van der Waals surface area contributed by atoms with Crippen LogP contribution >= 0.6 is 0 Å². The fourth-order valence-corrected chi connectivity index (χ4v) is 8.91. The van der Waals surface area contributed by atoms with Crippen molar-refractivity contribution in [2.24, 2.45) is 23.5 Å². The molecule has 1 fully saturated rings. The number of Topliss-reactive ketones (excluding diaryl/α,β-unsaturated/α-hetero) is 1. The maximum atomic E-state index is 14.7. The number of carbonyl (C=O) groups excluding carboxylic acids is 7. The van der Waals surface area contributed by atoms with E-state index < -0.39 is 113 Å². The first kappa shape index (κ1) is 53.0. The van der Waals surface area contributed by atoms with Crippen LogP contribution in [0.4, 0.5) is 13.2 Å². The van der Waals surface area contributed by atoms with Crippen LogP contribution < -0.4 is 27.0 Å². The molecular weight excluding hydrogens is 890 g/mol. The van der Waals surface area contributed by atoms with Crippen LogP contribution in [-0.4, -0.2) is 109 Å². The number of aromatic nitrogens is 2. The lowest BCUT2D eigenvalue weighted by Crippen LogP contribution is -2.60. The molecule has 6 amide bonds. The van der Waals surface area contributed by atoms with Crippen molar-refractivity contribution in [2.45, 2.75) is 132 Å². The van der Waals surface area contributed by atoms with Gasteiger partial charge in [-0.3, -0.25) is 43.9 Å². The number of amides is 6. The largest absolute Gasteiger partial charge is 0.501 e. The first-order valence-corrected chi connectivity index (χ1v) is 23.6. The van der Waals surface area contributed by atoms with Gasteiger partial charge in [0.1, 0.15) is 30.4 Å². The first-order chi connectivity index (χ1) is 29.8. The highest BCUT2D eigenvalue weighted by atomic mass is 32.2. The van der Waals surface area contributed by atoms with E-state index in [4.69, 9.17) is 5.73 Å². The molecule has 1 saturated carbocycles. The number of halogens is 3. The van der Waals surface area contributed by atoms with Crippen LogP contribution in [0.15, 0.2) is 52.6 Å². The molecule has 354 valence electrons. The van der Waals surface area contributed by atoms with Crippen molar-refractivity contribution >= 4 is 61.1 Å². The third kappa shape index (κ3) is 14.1. The lowest BCUT2D eigenvalue weighted by molar-refractivity contribution is -0.142. The molecule has 1 unspecified atom stereocenters. The van der Waals surface area contributed by atoms with Crippen molar-refractivity contribution in [3.8, 4) is 0 Å². The molecular formula is C40H55F3N8O11S2. The Morgan fingerprint density at radius 3 is 1.97 bits per heavy atom. The molecule has 0 saturated heterocycles. The van der Waals surface area contributed by atoms with Gasteiger partial charge in [-0.25, -0.2) is 26.1 Å². The average molecular weight is 945 g/mol. The smallest absolute Gasteiger partial charge is 0.342 e. The van der Waals surface area contributed by atoms with Crippen molar-refractivity contribution in [3.05, 3.63) is 48.5 Å². The second-order valence-corrected chi connectivity index (χ2v) is 19.7. The topological polar surface area (TPSA) is 291 Å². The molecule has 1 aromatic carbocycles. The summed E-state index contributed by atoms with van der Waals surface area (Å²) in [6.07, 6.45) is 7.39. The lowest BCUT2D eigenvalue weighted by Gasteiger charge is -2.32. The number of hydrogen-bond acceptors (Lipinski definition) is 14. The molecule has 19 nitrogen and oxygen atoms in total. The normalized spacial score (nSPS) is 16.0. The molecule has 0 radical (unpaired) electrons. The summed E-state index contributed by atoms with van der Waals surface area (Å²) in [6, 6.07) is -4.12. The maximum Gasteiger partial charge on any atom is 0.501 e. The molecule has 64 heavy (non-hydrogen) atoms. The number of benzene rings is 1. The SMILES string of the molecule is CCC(N)C(=O)C(=O)NC(=O)CN(C(=O)[C@H](CC1CCCCC1)NC(=O)[C@@H](NC(=O)[C@H](CC(C)C)NC(=O)c1cnccn1)[C@@H](C)CC)S(=O)(=O)c1ccc(S(=O)(=O)C(F)(F)F)cc1. The minimum absolute atomic E-state index is 0.0178. The quantitative estimate of drug-likeness (QED) is 0.112. The Labute approximate surface area is 369 Å². The summed E-state index contributed by atoms with van der Waals surface area (Å²) in [5, 5.41) is 9.48. The number of sulfone groups is 1. The van der Waals surface area contributed by atoms with E-state index in [1.54, 1.807) is 33.0 Å². The lowest BCUT2D eigenvalue weighted by atomic mass is 9.84. The number of imide groups is 1. The Kier molecular flexibility index (Phi) is 19.1. The summed E-state index contributed by atoms with van der Waals surface area (Å²) in [5.41, 5.74) is -0.222. The van der Waals surface area contributed by atoms with Crippen LogP contribution in [0.3, 0.4) is 0 Å². The summed E-state index contributed by atoms with van der Waals surface area (Å²) in [4.78, 5) is 99.7. The molecule has 2 aromatic rings. The van der Waals surface area contributed by atoms with Crippen molar-refractivity contribution in [1.82, 2.24) is 35.5 Å². The zero-order valence-electron chi connectivity index (χ0n) is 36.0. The minimum Gasteiger partial charge on any atom is -0.342 e. The monoisotopic (exact) mass is 944 g/mol. The summed E-state index contributed by atoms with van der Waals surface area (Å²) >= 11 is 0. The number of alkyl halides is 3. The molecule has 1 aliphatic carbocycles. The van der Waals surface area contributed by atoms with E-state index in [1.807, 2.05) is 0 Å². The Balaban J connectivity index is 2.09. The van der Waals surface area contributed by atoms with E-state index in [2.05, 4.69) is 25.9 Å². The van der Waals surface area contributed by atoms with Crippen LogP contribution in [0.2, 0.25) is 0 Å². The molecule has 1 aromatic heterocycles. The number of hydrogen-bond donors (Lipinski definition) is 5. The van der Waals surface area contributed by atoms with Crippen LogP contribution in [-0.2, 0) is 48.6 Å². The highest BCUT2D eigenvalue weighted by Gasteiger charge is 2.47. The van der Waals surface area contributed by atoms with Crippen LogP contribution in [0, 0.1) is 17.8 Å². The predicted octanol–water partition coefficient (Wildman–Crippen LogP) is 2.07. The van der Waals surface area contributed by atoms with Crippen molar-refractivity contribution in [2.75, 3.05) is 6.54 Å². The number of ketones is 1. The van der Waals surface area contributed by atoms with Crippen LogP contribution in [0.5, 0.6) is 0 Å². The van der Waals surface area contributed by atoms with E-state index >= 15 is 0 Å². The number of nitrogens with one attached hydrogen (secondary N) is 4. The van der Waals surface area contributed by atoms with Crippen molar-refractivity contribution in [1.29, 1.82) is 0 Å². The van der Waals surface area contributed by atoms with E-state index in [9.17, 15) is 63.6 Å². The van der Waals surface area contributed by atoms with Crippen LogP contribution in [0.1, 0.15) is 103 Å². The third-order valence-corrected chi connectivity index (χ3v) is 13.9. The molecule has 1 heterocycles. The Morgan fingerprint density at radius 1 is 0.828 bits per heavy atom. The predicted molar refractivity (Wildman–Crippen MR) is 222 cm³/mol. The van der Waals surface area contributed by atoms with Crippen LogP contribution in [0.25, 0.3) is 0 Å². The van der Waals surface area contributed by atoms with Gasteiger partial charge in [0.25, 0.3) is 37.6 Å². The molecule has 1 aliphatic rings. The zero-order chi connectivity index (χ0) is 48.2. The average Bonchev–Trinajstić information content (AvgIpc) is 3.25. The Morgan fingerprint density at radius 2 is 1.44 bits per heavy atom. The molecule has 0 spiro atoms. The third-order valence-electron chi connectivity index (χ3n) is 10.6. The van der Waals surface area contributed by atoms with Gasteiger partial charge >= 0.3 is 5.51 Å². The molecule has 6 N–H and O–H groups in total. The summed E-state index contributed by atoms with van der Waals surface area (Å²) in [6.45, 7) is 6.88. The molecule has 24 heteroatoms. The molecule has 0 bridgehead atoms. The number of carbonyl (C=O) groups is 7. The van der Waals surface area contributed by atoms with Crippen molar-refractivity contribution in [3.63, 3.8) is 0 Å². The van der Waals surface area contributed by atoms with Gasteiger partial charge in [-0.1, -0.05) is 73.1 Å². The number of nitrogens with two attached hydrogens (primary N) is 1. The standard InChI is InChI=1S/C40H55F3N8O11S2/c1-6-24(5)33(50-35(54)29(19-23(3)4)47-36(55)31-21-45-17-18-46-31)37(56)48-30(20-25-11-9-8-10-12-25)39(58)51(22-32(52)49-38(57)34(53)28(44)7-2)64(61,62)27-15-13-26(14-16-27)63(59,60)40(41,42)43/h13-18,21,23-25,28-30,33H,6-12,19-20,22,44H2,1-5H3,(H,47,55)(H,48,56)(H,50,54)(H,49,52,57)/t24-,28?,29-,30-,33-/m0/s1. The summed E-state index contributed by atoms with van der Waals surface area (Å²) < 4.78 is 92.5. The summed E-state index contributed by atoms with van der Waals surface area (Å²) in [7, 11) is -11.3. The highest BCUT2D eigenvalue weighted by Crippen LogP contribution is 2.32. The number of sulfonamides is 1. The van der Waals surface area contributed by atoms with Gasteiger partial charge in [-0.2, -0.15) is 13.2 Å². The van der Waals surface area contributed by atoms with Gasteiger partial charge in [0, 0.05) is 12.4 Å². The van der Waals surface area contributed by atoms with E-state index in [0.717, 1.165) is 19.3 Å². The van der Waals surface area contributed by atoms with Gasteiger partial charge in [0.05, 0.1) is 22.0 Å². The fourth-order valence-electron chi connectivity index (χ4n) is 6.77. The summed E-state index contributed by atoms with van der Waals surface area (Å²) in [5.74, 6) is -9.27. The second kappa shape index (κ2) is 23.0. The molecule has 3 rings (SSSR count). The van der Waals surface area contributed by atoms with Gasteiger partial charge < -0.3 is 21.7 Å². The molecule has 0 aliphatic heterocycles. The second-order valence-electron chi connectivity index (χ2n) is 15.9. The Hall–Kier alpha value is -5.36. The number of rotatable bonds is 21. The zero-order valence-corrected chi connectivity index (χ0v) is 37.6. The van der Waals surface area contributed by atoms with Gasteiger partial charge in [-0.05, 0) is 61.3 Å². The minimum atomic E-state index is -5.95. The van der Waals surface area contributed by atoms with Gasteiger partial charge in [-0.15, -0.1) is 0 Å². The molecule has 5 atom stereocenters. The van der Waals surface area contributed by atoms with Gasteiger partial charge in [0.2, 0.25) is 23.5 Å². The highest BCUT2D eigenvalue weighted by molar-refractivity contribution is 7.92. The fraction of sp³-hybridized carbons (Fsp3) is 0.575. The van der Waals surface area contributed by atoms with E-state index in [0.29, 0.717) is 37.1 Å². The number of nitrogens with zero attached hydrogens (tertiary/aromatic N) is 3. The maximum absolute atomic E-state index is 14.7. The van der Waals surface area contributed by atoms with E-state index in [1.165, 1.54) is 25.5 Å². The van der Waals surface area contributed by atoms with Gasteiger partial charge in [0.15, 0.2) is 0 Å². The Bertz CT molecular complexity index is 2220. The first-order valence-electron chi connectivity index (χ1n) is 20.6.